The fraction of sp³-hybridized carbons (Fsp3) is 0.375. The number of hydrogen-bond donors (Lipinski definition) is 1. The standard InChI is InChI=1S/C24H27F3N2O2/c1-3-13-29(14-4-2)15-12-18-16-28-20-6-5-7-21(22(18)20)31-23(30)17-8-10-19(11-9-17)24(25,26)27/h5-11,16,28H,3-4,12-15H2,1-2H3. The second-order valence-electron chi connectivity index (χ2n) is 7.55. The molecule has 3 aromatic rings. The molecule has 0 fully saturated rings. The Hall–Kier alpha value is -2.80. The summed E-state index contributed by atoms with van der Waals surface area (Å²) in [6, 6.07) is 9.43. The molecule has 1 aromatic heterocycles. The van der Waals surface area contributed by atoms with Crippen molar-refractivity contribution in [2.24, 2.45) is 0 Å². The van der Waals surface area contributed by atoms with E-state index in [0.29, 0.717) is 5.75 Å². The van der Waals surface area contributed by atoms with Crippen LogP contribution in [0.5, 0.6) is 5.75 Å². The molecule has 31 heavy (non-hydrogen) atoms. The molecule has 3 rings (SSSR count). The highest BCUT2D eigenvalue weighted by Crippen LogP contribution is 2.31. The highest BCUT2D eigenvalue weighted by molar-refractivity contribution is 5.96. The molecule has 7 heteroatoms. The minimum Gasteiger partial charge on any atom is -0.422 e. The molecule has 1 heterocycles. The minimum atomic E-state index is -4.45. The van der Waals surface area contributed by atoms with Crippen molar-refractivity contribution in [2.45, 2.75) is 39.3 Å². The molecule has 0 aliphatic carbocycles. The third-order valence-electron chi connectivity index (χ3n) is 5.18. The predicted molar refractivity (Wildman–Crippen MR) is 115 cm³/mol. The molecule has 0 unspecified atom stereocenters. The van der Waals surface area contributed by atoms with Gasteiger partial charge in [-0.25, -0.2) is 4.79 Å². The van der Waals surface area contributed by atoms with E-state index in [1.165, 1.54) is 0 Å². The summed E-state index contributed by atoms with van der Waals surface area (Å²) in [5.74, 6) is -0.289. The molecule has 0 aliphatic rings. The Kier molecular flexibility index (Phi) is 7.38. The van der Waals surface area contributed by atoms with Crippen molar-refractivity contribution in [2.75, 3.05) is 19.6 Å². The van der Waals surface area contributed by atoms with Crippen LogP contribution in [0.25, 0.3) is 10.9 Å². The van der Waals surface area contributed by atoms with Crippen molar-refractivity contribution in [3.05, 3.63) is 65.4 Å². The summed E-state index contributed by atoms with van der Waals surface area (Å²) < 4.78 is 43.8. The fourth-order valence-electron chi connectivity index (χ4n) is 3.70. The molecule has 166 valence electrons. The molecular weight excluding hydrogens is 405 g/mol. The summed E-state index contributed by atoms with van der Waals surface area (Å²) in [5, 5.41) is 0.829. The lowest BCUT2D eigenvalue weighted by Gasteiger charge is -2.20. The topological polar surface area (TPSA) is 45.3 Å². The number of carbonyl (C=O) groups excluding carboxylic acids is 1. The molecule has 0 bridgehead atoms. The van der Waals surface area contributed by atoms with Gasteiger partial charge >= 0.3 is 12.1 Å². The molecular formula is C24H27F3N2O2. The van der Waals surface area contributed by atoms with Crippen molar-refractivity contribution in [3.8, 4) is 5.75 Å². The number of nitrogens with zero attached hydrogens (tertiary/aromatic N) is 1. The number of hydrogen-bond acceptors (Lipinski definition) is 3. The van der Waals surface area contributed by atoms with Gasteiger partial charge in [-0.2, -0.15) is 13.2 Å². The first kappa shape index (κ1) is 22.9. The van der Waals surface area contributed by atoms with Gasteiger partial charge in [0.25, 0.3) is 0 Å². The van der Waals surface area contributed by atoms with E-state index >= 15 is 0 Å². The first-order chi connectivity index (χ1) is 14.8. The lowest BCUT2D eigenvalue weighted by molar-refractivity contribution is -0.137. The fourth-order valence-corrected chi connectivity index (χ4v) is 3.70. The van der Waals surface area contributed by atoms with E-state index in [1.807, 2.05) is 12.3 Å². The maximum atomic E-state index is 12.8. The number of aromatic nitrogens is 1. The third-order valence-corrected chi connectivity index (χ3v) is 5.18. The van der Waals surface area contributed by atoms with Crippen molar-refractivity contribution >= 4 is 16.9 Å². The molecule has 1 N–H and O–H groups in total. The molecule has 0 radical (unpaired) electrons. The maximum Gasteiger partial charge on any atom is 0.416 e. The van der Waals surface area contributed by atoms with E-state index < -0.39 is 17.7 Å². The van der Waals surface area contributed by atoms with Gasteiger partial charge in [-0.3, -0.25) is 0 Å². The smallest absolute Gasteiger partial charge is 0.416 e. The van der Waals surface area contributed by atoms with Crippen LogP contribution in [0.4, 0.5) is 13.2 Å². The van der Waals surface area contributed by atoms with Crippen molar-refractivity contribution in [1.82, 2.24) is 9.88 Å². The zero-order valence-corrected chi connectivity index (χ0v) is 17.8. The average molecular weight is 432 g/mol. The van der Waals surface area contributed by atoms with Gasteiger partial charge in [-0.05, 0) is 74.3 Å². The first-order valence-electron chi connectivity index (χ1n) is 10.5. The molecule has 0 saturated heterocycles. The molecule has 0 atom stereocenters. The van der Waals surface area contributed by atoms with Gasteiger partial charge in [0.15, 0.2) is 0 Å². The van der Waals surface area contributed by atoms with Crippen LogP contribution in [0.1, 0.15) is 48.2 Å². The van der Waals surface area contributed by atoms with Crippen molar-refractivity contribution < 1.29 is 22.7 Å². The quantitative estimate of drug-likeness (QED) is 0.330. The van der Waals surface area contributed by atoms with Crippen LogP contribution >= 0.6 is 0 Å². The lowest BCUT2D eigenvalue weighted by Crippen LogP contribution is -2.27. The zero-order valence-electron chi connectivity index (χ0n) is 17.8. The molecule has 0 aliphatic heterocycles. The van der Waals surface area contributed by atoms with Crippen LogP contribution < -0.4 is 4.74 Å². The van der Waals surface area contributed by atoms with Gasteiger partial charge in [-0.1, -0.05) is 19.9 Å². The zero-order chi connectivity index (χ0) is 22.4. The molecule has 0 saturated carbocycles. The number of halogens is 3. The molecule has 0 spiro atoms. The van der Waals surface area contributed by atoms with Crippen LogP contribution in [-0.2, 0) is 12.6 Å². The van der Waals surface area contributed by atoms with Crippen LogP contribution in [0, 0.1) is 0 Å². The van der Waals surface area contributed by atoms with Gasteiger partial charge in [-0.15, -0.1) is 0 Å². The minimum absolute atomic E-state index is 0.0687. The number of nitrogens with one attached hydrogen (secondary N) is 1. The average Bonchev–Trinajstić information content (AvgIpc) is 3.16. The lowest BCUT2D eigenvalue weighted by atomic mass is 10.1. The molecule has 2 aromatic carbocycles. The highest BCUT2D eigenvalue weighted by atomic mass is 19.4. The summed E-state index contributed by atoms with van der Waals surface area (Å²) >= 11 is 0. The number of ether oxygens (including phenoxy) is 1. The maximum absolute atomic E-state index is 12.8. The van der Waals surface area contributed by atoms with Gasteiger partial charge in [0.05, 0.1) is 11.1 Å². The van der Waals surface area contributed by atoms with E-state index in [1.54, 1.807) is 12.1 Å². The van der Waals surface area contributed by atoms with E-state index in [9.17, 15) is 18.0 Å². The van der Waals surface area contributed by atoms with Crippen LogP contribution in [0.2, 0.25) is 0 Å². The normalized spacial score (nSPS) is 11.9. The summed E-state index contributed by atoms with van der Waals surface area (Å²) in [6.45, 7) is 7.29. The summed E-state index contributed by atoms with van der Waals surface area (Å²) in [6.07, 6.45) is 0.455. The van der Waals surface area contributed by atoms with Gasteiger partial charge in [0.2, 0.25) is 0 Å². The van der Waals surface area contributed by atoms with Crippen LogP contribution in [-0.4, -0.2) is 35.5 Å². The largest absolute Gasteiger partial charge is 0.422 e. The number of carbonyl (C=O) groups is 1. The second kappa shape index (κ2) is 10.0. The summed E-state index contributed by atoms with van der Waals surface area (Å²) in [4.78, 5) is 18.2. The number of esters is 1. The van der Waals surface area contributed by atoms with Crippen LogP contribution in [0.15, 0.2) is 48.7 Å². The van der Waals surface area contributed by atoms with Gasteiger partial charge < -0.3 is 14.6 Å². The Balaban J connectivity index is 1.79. The number of rotatable bonds is 9. The Morgan fingerprint density at radius 2 is 1.68 bits per heavy atom. The van der Waals surface area contributed by atoms with Crippen LogP contribution in [0.3, 0.4) is 0 Å². The Morgan fingerprint density at radius 1 is 1.00 bits per heavy atom. The first-order valence-corrected chi connectivity index (χ1v) is 10.5. The van der Waals surface area contributed by atoms with E-state index in [-0.39, 0.29) is 5.56 Å². The Bertz CT molecular complexity index is 1000. The Morgan fingerprint density at radius 3 is 2.29 bits per heavy atom. The van der Waals surface area contributed by atoms with E-state index in [2.05, 4.69) is 23.7 Å². The SMILES string of the molecule is CCCN(CCC)CCc1c[nH]c2cccc(OC(=O)c3ccc(C(F)(F)F)cc3)c12. The number of fused-ring (bicyclic) bond motifs is 1. The number of benzene rings is 2. The number of alkyl halides is 3. The van der Waals surface area contributed by atoms with E-state index in [4.69, 9.17) is 4.74 Å². The summed E-state index contributed by atoms with van der Waals surface area (Å²) in [7, 11) is 0. The van der Waals surface area contributed by atoms with Gasteiger partial charge in [0, 0.05) is 23.6 Å². The third kappa shape index (κ3) is 5.67. The monoisotopic (exact) mass is 432 g/mol. The second-order valence-corrected chi connectivity index (χ2v) is 7.55. The van der Waals surface area contributed by atoms with E-state index in [0.717, 1.165) is 79.6 Å². The Labute approximate surface area is 180 Å². The van der Waals surface area contributed by atoms with Crippen molar-refractivity contribution in [3.63, 3.8) is 0 Å². The van der Waals surface area contributed by atoms with Crippen molar-refractivity contribution in [1.29, 1.82) is 0 Å². The molecule has 4 nitrogen and oxygen atoms in total. The summed E-state index contributed by atoms with van der Waals surface area (Å²) in [5.41, 5.74) is 1.16. The predicted octanol–water partition coefficient (Wildman–Crippen LogP) is 6.07. The highest BCUT2D eigenvalue weighted by Gasteiger charge is 2.30. The van der Waals surface area contributed by atoms with Gasteiger partial charge in [0.1, 0.15) is 5.75 Å². The molecule has 0 amide bonds. The number of aromatic amines is 1. The number of H-pyrrole nitrogens is 1.